The molecule has 1 aliphatic rings. The highest BCUT2D eigenvalue weighted by atomic mass is 35.5. The zero-order valence-electron chi connectivity index (χ0n) is 12.0. The molecule has 1 saturated heterocycles. The number of amides is 1. The summed E-state index contributed by atoms with van der Waals surface area (Å²) < 4.78 is 6.89. The minimum atomic E-state index is 0.176. The maximum Gasteiger partial charge on any atom is 0.224 e. The fraction of sp³-hybridized carbons (Fsp3) is 0.692. The second kappa shape index (κ2) is 7.06. The zero-order valence-corrected chi connectivity index (χ0v) is 12.7. The van der Waals surface area contributed by atoms with Crippen LogP contribution in [0.2, 0.25) is 5.15 Å². The Hall–Kier alpha value is -1.11. The van der Waals surface area contributed by atoms with E-state index >= 15 is 0 Å². The number of rotatable bonds is 5. The highest BCUT2D eigenvalue weighted by molar-refractivity contribution is 6.30. The van der Waals surface area contributed by atoms with Crippen LogP contribution < -0.4 is 5.32 Å². The van der Waals surface area contributed by atoms with E-state index in [0.717, 1.165) is 11.3 Å². The van der Waals surface area contributed by atoms with E-state index in [4.69, 9.17) is 16.3 Å². The third kappa shape index (κ3) is 3.71. The normalized spacial score (nSPS) is 15.7. The molecule has 0 saturated carbocycles. The van der Waals surface area contributed by atoms with Crippen molar-refractivity contribution in [2.45, 2.75) is 19.9 Å². The van der Waals surface area contributed by atoms with Crippen molar-refractivity contribution in [3.63, 3.8) is 0 Å². The topological polar surface area (TPSA) is 59.4 Å². The SMILES string of the molecule is Cc1nn(C)c(Cl)c1CNCCC(=O)N1CCOCC1. The van der Waals surface area contributed by atoms with Gasteiger partial charge in [-0.15, -0.1) is 0 Å². The van der Waals surface area contributed by atoms with Gasteiger partial charge >= 0.3 is 0 Å². The highest BCUT2D eigenvalue weighted by Crippen LogP contribution is 2.17. The summed E-state index contributed by atoms with van der Waals surface area (Å²) in [5, 5.41) is 8.15. The molecule has 112 valence electrons. The molecule has 0 aromatic carbocycles. The van der Waals surface area contributed by atoms with Crippen LogP contribution in [0.3, 0.4) is 0 Å². The molecule has 20 heavy (non-hydrogen) atoms. The van der Waals surface area contributed by atoms with Crippen molar-refractivity contribution in [1.82, 2.24) is 20.0 Å². The molecule has 0 aliphatic carbocycles. The van der Waals surface area contributed by atoms with Crippen molar-refractivity contribution >= 4 is 17.5 Å². The van der Waals surface area contributed by atoms with Crippen molar-refractivity contribution in [1.29, 1.82) is 0 Å². The minimum absolute atomic E-state index is 0.176. The molecule has 1 aliphatic heterocycles. The number of nitrogens with zero attached hydrogens (tertiary/aromatic N) is 3. The van der Waals surface area contributed by atoms with Crippen LogP contribution in [0.15, 0.2) is 0 Å². The first-order valence-corrected chi connectivity index (χ1v) is 7.21. The maximum absolute atomic E-state index is 11.9. The van der Waals surface area contributed by atoms with E-state index in [1.165, 1.54) is 0 Å². The van der Waals surface area contributed by atoms with Crippen LogP contribution in [0.25, 0.3) is 0 Å². The maximum atomic E-state index is 11.9. The fourth-order valence-corrected chi connectivity index (χ4v) is 2.50. The number of carbonyl (C=O) groups is 1. The van der Waals surface area contributed by atoms with Crippen LogP contribution in [-0.2, 0) is 23.1 Å². The lowest BCUT2D eigenvalue weighted by Gasteiger charge is -2.26. The van der Waals surface area contributed by atoms with Gasteiger partial charge in [-0.2, -0.15) is 5.10 Å². The number of aryl methyl sites for hydroxylation is 2. The van der Waals surface area contributed by atoms with E-state index in [-0.39, 0.29) is 5.91 Å². The molecule has 2 heterocycles. The summed E-state index contributed by atoms with van der Waals surface area (Å²) in [6.07, 6.45) is 0.497. The molecule has 1 fully saturated rings. The molecular formula is C13H21ClN4O2. The second-order valence-electron chi connectivity index (χ2n) is 4.90. The molecule has 1 aromatic rings. The summed E-state index contributed by atoms with van der Waals surface area (Å²) in [6.45, 7) is 5.89. The van der Waals surface area contributed by atoms with Gasteiger partial charge in [0.1, 0.15) is 5.15 Å². The van der Waals surface area contributed by atoms with Gasteiger partial charge in [-0.1, -0.05) is 11.6 Å². The van der Waals surface area contributed by atoms with Gasteiger partial charge in [-0.3, -0.25) is 9.48 Å². The smallest absolute Gasteiger partial charge is 0.224 e. The first kappa shape index (κ1) is 15.3. The van der Waals surface area contributed by atoms with Gasteiger partial charge in [-0.25, -0.2) is 0 Å². The molecule has 0 unspecified atom stereocenters. The Bertz CT molecular complexity index is 469. The van der Waals surface area contributed by atoms with E-state index < -0.39 is 0 Å². The molecule has 1 N–H and O–H groups in total. The van der Waals surface area contributed by atoms with Crippen molar-refractivity contribution in [3.05, 3.63) is 16.4 Å². The minimum Gasteiger partial charge on any atom is -0.378 e. The predicted octanol–water partition coefficient (Wildman–Crippen LogP) is 0.720. The Morgan fingerprint density at radius 1 is 1.45 bits per heavy atom. The first-order valence-electron chi connectivity index (χ1n) is 6.84. The van der Waals surface area contributed by atoms with Crippen molar-refractivity contribution in [3.8, 4) is 0 Å². The molecule has 2 rings (SSSR count). The molecule has 1 amide bonds. The van der Waals surface area contributed by atoms with Crippen molar-refractivity contribution in [2.75, 3.05) is 32.8 Å². The lowest BCUT2D eigenvalue weighted by atomic mass is 10.2. The third-order valence-electron chi connectivity index (χ3n) is 3.45. The Morgan fingerprint density at radius 2 is 2.15 bits per heavy atom. The average Bonchev–Trinajstić information content (AvgIpc) is 2.70. The Labute approximate surface area is 124 Å². The quantitative estimate of drug-likeness (QED) is 0.814. The Balaban J connectivity index is 1.72. The number of nitrogens with one attached hydrogen (secondary N) is 1. The predicted molar refractivity (Wildman–Crippen MR) is 76.7 cm³/mol. The van der Waals surface area contributed by atoms with Gasteiger partial charge in [0.25, 0.3) is 0 Å². The van der Waals surface area contributed by atoms with E-state index in [1.807, 2.05) is 18.9 Å². The van der Waals surface area contributed by atoms with E-state index in [0.29, 0.717) is 51.0 Å². The Morgan fingerprint density at radius 3 is 2.75 bits per heavy atom. The summed E-state index contributed by atoms with van der Waals surface area (Å²) in [4.78, 5) is 13.8. The summed E-state index contributed by atoms with van der Waals surface area (Å²) in [5.41, 5.74) is 1.91. The molecule has 0 spiro atoms. The molecule has 7 heteroatoms. The lowest BCUT2D eigenvalue weighted by Crippen LogP contribution is -2.41. The number of hydrogen-bond donors (Lipinski definition) is 1. The second-order valence-corrected chi connectivity index (χ2v) is 5.26. The van der Waals surface area contributed by atoms with Crippen LogP contribution in [0, 0.1) is 6.92 Å². The number of aromatic nitrogens is 2. The van der Waals surface area contributed by atoms with Crippen LogP contribution >= 0.6 is 11.6 Å². The zero-order chi connectivity index (χ0) is 14.5. The van der Waals surface area contributed by atoms with E-state index in [2.05, 4.69) is 10.4 Å². The van der Waals surface area contributed by atoms with Crippen LogP contribution in [0.1, 0.15) is 17.7 Å². The number of halogens is 1. The molecule has 0 bridgehead atoms. The summed E-state index contributed by atoms with van der Waals surface area (Å²) >= 11 is 6.15. The van der Waals surface area contributed by atoms with E-state index in [9.17, 15) is 4.79 Å². The summed E-state index contributed by atoms with van der Waals surface area (Å²) in [5.74, 6) is 0.176. The molecular weight excluding hydrogens is 280 g/mol. The monoisotopic (exact) mass is 300 g/mol. The van der Waals surface area contributed by atoms with Gasteiger partial charge in [0.15, 0.2) is 0 Å². The summed E-state index contributed by atoms with van der Waals surface area (Å²) in [6, 6.07) is 0. The molecule has 6 nitrogen and oxygen atoms in total. The van der Waals surface area contributed by atoms with Crippen LogP contribution in [0.4, 0.5) is 0 Å². The van der Waals surface area contributed by atoms with E-state index in [1.54, 1.807) is 4.68 Å². The first-order chi connectivity index (χ1) is 9.59. The van der Waals surface area contributed by atoms with Gasteiger partial charge in [0.2, 0.25) is 5.91 Å². The van der Waals surface area contributed by atoms with Crippen LogP contribution in [-0.4, -0.2) is 53.4 Å². The number of hydrogen-bond acceptors (Lipinski definition) is 4. The molecule has 1 aromatic heterocycles. The number of carbonyl (C=O) groups excluding carboxylic acids is 1. The standard InChI is InChI=1S/C13H21ClN4O2/c1-10-11(13(14)17(2)16-10)9-15-4-3-12(19)18-5-7-20-8-6-18/h15H,3-9H2,1-2H3. The van der Waals surface area contributed by atoms with Gasteiger partial charge in [0, 0.05) is 45.2 Å². The van der Waals surface area contributed by atoms with Crippen LogP contribution in [0.5, 0.6) is 0 Å². The molecule has 0 radical (unpaired) electrons. The van der Waals surface area contributed by atoms with Crippen molar-refractivity contribution < 1.29 is 9.53 Å². The van der Waals surface area contributed by atoms with Gasteiger partial charge < -0.3 is 15.0 Å². The Kier molecular flexibility index (Phi) is 5.39. The number of morpholine rings is 1. The largest absolute Gasteiger partial charge is 0.378 e. The number of ether oxygens (including phenoxy) is 1. The van der Waals surface area contributed by atoms with Gasteiger partial charge in [0.05, 0.1) is 18.9 Å². The summed E-state index contributed by atoms with van der Waals surface area (Å²) in [7, 11) is 1.82. The third-order valence-corrected chi connectivity index (χ3v) is 3.92. The van der Waals surface area contributed by atoms with Crippen molar-refractivity contribution in [2.24, 2.45) is 7.05 Å². The fourth-order valence-electron chi connectivity index (χ4n) is 2.25. The highest BCUT2D eigenvalue weighted by Gasteiger charge is 2.16. The molecule has 0 atom stereocenters. The average molecular weight is 301 g/mol. The van der Waals surface area contributed by atoms with Gasteiger partial charge in [-0.05, 0) is 6.92 Å². The lowest BCUT2D eigenvalue weighted by molar-refractivity contribution is -0.135.